The van der Waals surface area contributed by atoms with Crippen molar-refractivity contribution < 1.29 is 0 Å². The van der Waals surface area contributed by atoms with E-state index in [1.165, 1.54) is 21.6 Å². The van der Waals surface area contributed by atoms with Crippen molar-refractivity contribution >= 4 is 35.6 Å². The Labute approximate surface area is 167 Å². The molecule has 2 nitrogen and oxygen atoms in total. The van der Waals surface area contributed by atoms with E-state index in [1.807, 2.05) is 17.9 Å². The van der Waals surface area contributed by atoms with Crippen LogP contribution in [0, 0.1) is 0 Å². The second-order valence-corrected chi connectivity index (χ2v) is 10.5. The van der Waals surface area contributed by atoms with Gasteiger partial charge in [-0.15, -0.1) is 12.4 Å². The molecule has 4 rings (SSSR count). The van der Waals surface area contributed by atoms with E-state index in [1.54, 1.807) is 0 Å². The van der Waals surface area contributed by atoms with E-state index < -0.39 is 7.26 Å². The van der Waals surface area contributed by atoms with Gasteiger partial charge in [-0.05, 0) is 0 Å². The minimum absolute atomic E-state index is 0. The molecule has 0 saturated carbocycles. The third-order valence-electron chi connectivity index (χ3n) is 5.17. The molecule has 0 bridgehead atoms. The third kappa shape index (κ3) is 3.69. The second-order valence-electron chi connectivity index (χ2n) is 6.63. The first-order valence-electron chi connectivity index (χ1n) is 8.94. The monoisotopic (exact) mass is 394 g/mol. The summed E-state index contributed by atoms with van der Waals surface area (Å²) in [6.07, 6.45) is 2.89. The van der Waals surface area contributed by atoms with E-state index >= 15 is 0 Å². The first kappa shape index (κ1) is 19.4. The van der Waals surface area contributed by atoms with Gasteiger partial charge in [0, 0.05) is 0 Å². The van der Waals surface area contributed by atoms with Crippen LogP contribution in [0.25, 0.3) is 0 Å². The summed E-state index contributed by atoms with van der Waals surface area (Å²) in [5.41, 5.74) is 1.27. The number of aryl methyl sites for hydroxylation is 1. The molecule has 0 amide bonds. The summed E-state index contributed by atoms with van der Waals surface area (Å²) >= 11 is 0. The van der Waals surface area contributed by atoms with Gasteiger partial charge in [0.25, 0.3) is 0 Å². The van der Waals surface area contributed by atoms with Crippen molar-refractivity contribution in [1.82, 2.24) is 9.78 Å². The summed E-state index contributed by atoms with van der Waals surface area (Å²) in [6, 6.07) is 35.2. The fraction of sp³-hybridized carbons (Fsp3) is 0.0870. The zero-order chi connectivity index (χ0) is 17.8. The Balaban J connectivity index is 0.00000210. The van der Waals surface area contributed by atoms with Gasteiger partial charge in [-0.25, -0.2) is 0 Å². The van der Waals surface area contributed by atoms with E-state index in [2.05, 4.69) is 102 Å². The Kier molecular flexibility index (Phi) is 6.11. The predicted octanol–water partition coefficient (Wildman–Crippen LogP) is 4.07. The molecule has 0 spiro atoms. The zero-order valence-electron chi connectivity index (χ0n) is 15.3. The molecule has 1 aromatic heterocycles. The number of nitrogens with zero attached hydrogens (tertiary/aromatic N) is 2. The van der Waals surface area contributed by atoms with Crippen LogP contribution < -0.4 is 15.9 Å². The van der Waals surface area contributed by atoms with Crippen molar-refractivity contribution in [3.63, 3.8) is 0 Å². The van der Waals surface area contributed by atoms with Crippen molar-refractivity contribution in [3.8, 4) is 0 Å². The molecule has 0 aliphatic carbocycles. The standard InChI is InChI=1S/C23H23N2P.ClH/c1-25-20(17-18-24-25)19-26(21-11-5-2-6-12-21,22-13-7-3-8-14-22)23-15-9-4-10-16-23;/h2-18,26H,19H2,1H3;1H. The molecule has 4 heteroatoms. The van der Waals surface area contributed by atoms with E-state index in [0.29, 0.717) is 0 Å². The van der Waals surface area contributed by atoms with Crippen LogP contribution in [-0.4, -0.2) is 9.78 Å². The Hall–Kier alpha value is -2.41. The van der Waals surface area contributed by atoms with Crippen LogP contribution in [-0.2, 0) is 13.2 Å². The SMILES string of the molecule is Cl.Cn1nccc1C[PH](c1ccccc1)(c1ccccc1)c1ccccc1. The average Bonchev–Trinajstić information content (AvgIpc) is 3.12. The summed E-state index contributed by atoms with van der Waals surface area (Å²) in [4.78, 5) is 0. The molecule has 0 saturated heterocycles. The molecule has 0 atom stereocenters. The number of aromatic nitrogens is 2. The van der Waals surface area contributed by atoms with E-state index in [0.717, 1.165) is 6.16 Å². The van der Waals surface area contributed by atoms with Crippen molar-refractivity contribution in [2.45, 2.75) is 6.16 Å². The maximum absolute atomic E-state index is 4.42. The maximum atomic E-state index is 4.42. The van der Waals surface area contributed by atoms with Gasteiger partial charge in [0.05, 0.1) is 0 Å². The Morgan fingerprint density at radius 3 is 1.41 bits per heavy atom. The van der Waals surface area contributed by atoms with Gasteiger partial charge < -0.3 is 0 Å². The van der Waals surface area contributed by atoms with Crippen molar-refractivity contribution in [1.29, 1.82) is 0 Å². The van der Waals surface area contributed by atoms with Crippen molar-refractivity contribution in [2.75, 3.05) is 0 Å². The molecule has 0 fully saturated rings. The van der Waals surface area contributed by atoms with Crippen LogP contribution >= 0.6 is 19.7 Å². The van der Waals surface area contributed by atoms with Crippen molar-refractivity contribution in [2.24, 2.45) is 7.05 Å². The summed E-state index contributed by atoms with van der Waals surface area (Å²) in [6.45, 7) is 0. The van der Waals surface area contributed by atoms with E-state index in [9.17, 15) is 0 Å². The third-order valence-corrected chi connectivity index (χ3v) is 10.0. The quantitative estimate of drug-likeness (QED) is 0.466. The first-order valence-corrected chi connectivity index (χ1v) is 11.1. The molecule has 0 N–H and O–H groups in total. The fourth-order valence-electron chi connectivity index (χ4n) is 3.82. The topological polar surface area (TPSA) is 17.8 Å². The van der Waals surface area contributed by atoms with Crippen molar-refractivity contribution in [3.05, 3.63) is 109 Å². The van der Waals surface area contributed by atoms with Crippen LogP contribution in [0.5, 0.6) is 0 Å². The molecule has 4 aromatic rings. The normalized spacial score (nSPS) is 11.6. The van der Waals surface area contributed by atoms with Gasteiger partial charge >= 0.3 is 155 Å². The molecule has 3 aromatic carbocycles. The summed E-state index contributed by atoms with van der Waals surface area (Å²) in [5, 5.41) is 8.71. The summed E-state index contributed by atoms with van der Waals surface area (Å²) < 4.78 is 2.01. The fourth-order valence-corrected chi connectivity index (χ4v) is 8.61. The number of benzene rings is 3. The van der Waals surface area contributed by atoms with Crippen LogP contribution in [0.15, 0.2) is 103 Å². The Morgan fingerprint density at radius 1 is 0.667 bits per heavy atom. The predicted molar refractivity (Wildman–Crippen MR) is 121 cm³/mol. The molecule has 0 unspecified atom stereocenters. The van der Waals surface area contributed by atoms with Gasteiger partial charge in [0.15, 0.2) is 0 Å². The molecular formula is C23H24ClN2P. The van der Waals surface area contributed by atoms with Gasteiger partial charge in [-0.2, -0.15) is 0 Å². The minimum atomic E-state index is -2.22. The molecular weight excluding hydrogens is 371 g/mol. The van der Waals surface area contributed by atoms with Crippen LogP contribution in [0.3, 0.4) is 0 Å². The summed E-state index contributed by atoms with van der Waals surface area (Å²) in [7, 11) is -0.183. The van der Waals surface area contributed by atoms with Gasteiger partial charge in [-0.3, -0.25) is 0 Å². The molecule has 0 radical (unpaired) electrons. The Morgan fingerprint density at radius 2 is 1.07 bits per heavy atom. The molecule has 27 heavy (non-hydrogen) atoms. The van der Waals surface area contributed by atoms with Gasteiger partial charge in [0.2, 0.25) is 0 Å². The van der Waals surface area contributed by atoms with Crippen LogP contribution in [0.4, 0.5) is 0 Å². The van der Waals surface area contributed by atoms with Crippen LogP contribution in [0.1, 0.15) is 5.69 Å². The van der Waals surface area contributed by atoms with Gasteiger partial charge in [-0.1, -0.05) is 0 Å². The average molecular weight is 395 g/mol. The van der Waals surface area contributed by atoms with Gasteiger partial charge in [0.1, 0.15) is 0 Å². The molecule has 1 heterocycles. The van der Waals surface area contributed by atoms with E-state index in [-0.39, 0.29) is 12.4 Å². The summed E-state index contributed by atoms with van der Waals surface area (Å²) in [5.74, 6) is 0. The number of halogens is 1. The molecule has 0 aliphatic rings. The Bertz CT molecular complexity index is 872. The second kappa shape index (κ2) is 8.52. The molecule has 0 aliphatic heterocycles. The first-order chi connectivity index (χ1) is 12.8. The number of hydrogen-bond acceptors (Lipinski definition) is 1. The zero-order valence-corrected chi connectivity index (χ0v) is 17.1. The number of hydrogen-bond donors (Lipinski definition) is 0. The number of rotatable bonds is 5. The molecule has 138 valence electrons. The van der Waals surface area contributed by atoms with Crippen LogP contribution in [0.2, 0.25) is 0 Å². The van der Waals surface area contributed by atoms with E-state index in [4.69, 9.17) is 0 Å².